The Morgan fingerprint density at radius 1 is 0.939 bits per heavy atom. The minimum Gasteiger partial charge on any atom is -0.356 e. The summed E-state index contributed by atoms with van der Waals surface area (Å²) in [5.41, 5.74) is 1.76. The lowest BCUT2D eigenvalue weighted by molar-refractivity contribution is -0.384. The van der Waals surface area contributed by atoms with Crippen molar-refractivity contribution in [2.45, 2.75) is 31.1 Å². The molecule has 0 amide bonds. The molecule has 172 valence electrons. The van der Waals surface area contributed by atoms with Crippen LogP contribution in [0.1, 0.15) is 25.0 Å². The summed E-state index contributed by atoms with van der Waals surface area (Å²) in [6, 6.07) is 13.4. The molecular formula is C22H24N6O4S. The largest absolute Gasteiger partial charge is 0.356 e. The van der Waals surface area contributed by atoms with E-state index in [0.29, 0.717) is 17.3 Å². The summed E-state index contributed by atoms with van der Waals surface area (Å²) in [5.74, 6) is 1.38. The zero-order valence-electron chi connectivity index (χ0n) is 18.1. The van der Waals surface area contributed by atoms with E-state index in [1.165, 1.54) is 18.6 Å². The molecule has 33 heavy (non-hydrogen) atoms. The van der Waals surface area contributed by atoms with Crippen LogP contribution < -0.4 is 14.9 Å². The van der Waals surface area contributed by atoms with E-state index in [9.17, 15) is 18.5 Å². The maximum atomic E-state index is 12.6. The molecule has 0 bridgehead atoms. The van der Waals surface area contributed by atoms with E-state index in [0.717, 1.165) is 49.6 Å². The Morgan fingerprint density at radius 2 is 1.58 bits per heavy atom. The first-order chi connectivity index (χ1) is 15.8. The highest BCUT2D eigenvalue weighted by molar-refractivity contribution is 7.92. The lowest BCUT2D eigenvalue weighted by Crippen LogP contribution is -2.30. The Balaban J connectivity index is 1.45. The van der Waals surface area contributed by atoms with Gasteiger partial charge in [-0.1, -0.05) is 0 Å². The predicted octanol–water partition coefficient (Wildman–Crippen LogP) is 4.23. The predicted molar refractivity (Wildman–Crippen MR) is 126 cm³/mol. The van der Waals surface area contributed by atoms with E-state index in [2.05, 4.69) is 24.9 Å². The molecule has 4 rings (SSSR count). The van der Waals surface area contributed by atoms with Crippen LogP contribution in [-0.4, -0.2) is 36.4 Å². The first-order valence-electron chi connectivity index (χ1n) is 10.6. The number of anilines is 4. The third kappa shape index (κ3) is 5.55. The minimum atomic E-state index is -3.87. The van der Waals surface area contributed by atoms with Crippen LogP contribution in [0.5, 0.6) is 0 Å². The first-order valence-corrected chi connectivity index (χ1v) is 12.0. The fourth-order valence-corrected chi connectivity index (χ4v) is 4.66. The fraction of sp³-hybridized carbons (Fsp3) is 0.273. The molecule has 0 radical (unpaired) electrons. The van der Waals surface area contributed by atoms with Gasteiger partial charge in [-0.15, -0.1) is 0 Å². The molecule has 0 aliphatic carbocycles. The quantitative estimate of drug-likeness (QED) is 0.389. The Kier molecular flexibility index (Phi) is 6.40. The number of aromatic nitrogens is 2. The van der Waals surface area contributed by atoms with Crippen LogP contribution in [-0.2, 0) is 10.0 Å². The summed E-state index contributed by atoms with van der Waals surface area (Å²) in [6.45, 7) is 3.90. The second-order valence-electron chi connectivity index (χ2n) is 7.80. The average Bonchev–Trinajstić information content (AvgIpc) is 2.80. The molecule has 2 heterocycles. The topological polar surface area (TPSA) is 130 Å². The zero-order chi connectivity index (χ0) is 23.4. The summed E-state index contributed by atoms with van der Waals surface area (Å²) in [7, 11) is -3.87. The van der Waals surface area contributed by atoms with Crippen molar-refractivity contribution in [1.82, 2.24) is 9.97 Å². The zero-order valence-corrected chi connectivity index (χ0v) is 18.9. The third-order valence-electron chi connectivity index (χ3n) is 5.27. The van der Waals surface area contributed by atoms with Crippen molar-refractivity contribution >= 4 is 38.9 Å². The number of sulfonamides is 1. The van der Waals surface area contributed by atoms with Gasteiger partial charge < -0.3 is 10.2 Å². The number of nitro groups is 1. The number of nitrogens with one attached hydrogen (secondary N) is 2. The molecule has 1 aliphatic heterocycles. The van der Waals surface area contributed by atoms with Gasteiger partial charge in [-0.3, -0.25) is 14.8 Å². The number of aryl methyl sites for hydroxylation is 1. The van der Waals surface area contributed by atoms with Crippen LogP contribution >= 0.6 is 0 Å². The average molecular weight is 469 g/mol. The van der Waals surface area contributed by atoms with Gasteiger partial charge in [0, 0.05) is 48.4 Å². The molecule has 11 heteroatoms. The lowest BCUT2D eigenvalue weighted by atomic mass is 10.1. The van der Waals surface area contributed by atoms with Crippen LogP contribution in [0.3, 0.4) is 0 Å². The van der Waals surface area contributed by atoms with Crippen LogP contribution in [0.15, 0.2) is 59.5 Å². The monoisotopic (exact) mass is 468 g/mol. The molecular weight excluding hydrogens is 444 g/mol. The van der Waals surface area contributed by atoms with Crippen molar-refractivity contribution in [3.05, 3.63) is 70.4 Å². The molecule has 1 fully saturated rings. The summed E-state index contributed by atoms with van der Waals surface area (Å²) in [4.78, 5) is 21.5. The van der Waals surface area contributed by atoms with E-state index in [-0.39, 0.29) is 10.6 Å². The van der Waals surface area contributed by atoms with Crippen LogP contribution in [0.4, 0.5) is 28.8 Å². The van der Waals surface area contributed by atoms with E-state index in [1.807, 2.05) is 13.0 Å². The van der Waals surface area contributed by atoms with Gasteiger partial charge in [-0.25, -0.2) is 13.4 Å². The summed E-state index contributed by atoms with van der Waals surface area (Å²) < 4.78 is 27.6. The normalized spacial score (nSPS) is 14.0. The van der Waals surface area contributed by atoms with Gasteiger partial charge in [0.1, 0.15) is 5.82 Å². The lowest BCUT2D eigenvalue weighted by Gasteiger charge is -2.28. The van der Waals surface area contributed by atoms with Gasteiger partial charge in [-0.2, -0.15) is 4.98 Å². The summed E-state index contributed by atoms with van der Waals surface area (Å²) >= 11 is 0. The Hall–Kier alpha value is -3.73. The highest BCUT2D eigenvalue weighted by atomic mass is 32.2. The van der Waals surface area contributed by atoms with E-state index in [1.54, 1.807) is 24.3 Å². The number of rotatable bonds is 7. The van der Waals surface area contributed by atoms with E-state index < -0.39 is 14.9 Å². The Morgan fingerprint density at radius 3 is 2.21 bits per heavy atom. The van der Waals surface area contributed by atoms with E-state index in [4.69, 9.17) is 0 Å². The maximum absolute atomic E-state index is 12.6. The number of hydrogen-bond donors (Lipinski definition) is 2. The smallest absolute Gasteiger partial charge is 0.269 e. The fourth-order valence-electron chi connectivity index (χ4n) is 3.60. The maximum Gasteiger partial charge on any atom is 0.269 e. The molecule has 2 N–H and O–H groups in total. The first kappa shape index (κ1) is 22.5. The summed E-state index contributed by atoms with van der Waals surface area (Å²) in [6.07, 6.45) is 3.55. The van der Waals surface area contributed by atoms with Crippen molar-refractivity contribution < 1.29 is 13.3 Å². The third-order valence-corrected chi connectivity index (χ3v) is 6.67. The van der Waals surface area contributed by atoms with Gasteiger partial charge in [0.15, 0.2) is 0 Å². The highest BCUT2D eigenvalue weighted by Gasteiger charge is 2.17. The van der Waals surface area contributed by atoms with Crippen LogP contribution in [0.25, 0.3) is 0 Å². The second kappa shape index (κ2) is 9.41. The molecule has 0 spiro atoms. The number of piperidine rings is 1. The Labute approximate surface area is 191 Å². The number of nitro benzene ring substituents is 1. The molecule has 1 saturated heterocycles. The van der Waals surface area contributed by atoms with Gasteiger partial charge >= 0.3 is 0 Å². The number of benzene rings is 2. The van der Waals surface area contributed by atoms with Crippen molar-refractivity contribution in [2.24, 2.45) is 0 Å². The molecule has 1 aliphatic rings. The molecule has 10 nitrogen and oxygen atoms in total. The second-order valence-corrected chi connectivity index (χ2v) is 9.48. The number of non-ortho nitro benzene ring substituents is 1. The summed E-state index contributed by atoms with van der Waals surface area (Å²) in [5, 5.41) is 13.9. The SMILES string of the molecule is Cc1cc(N2CCCCC2)nc(Nc2ccc(NS(=O)(=O)c3ccc([N+](=O)[O-])cc3)cc2)n1. The van der Waals surface area contributed by atoms with Crippen molar-refractivity contribution in [3.8, 4) is 0 Å². The standard InChI is InChI=1S/C22H24N6O4S/c1-16-15-21(27-13-3-2-4-14-27)25-22(23-16)24-17-5-7-18(8-6-17)26-33(31,32)20-11-9-19(10-12-20)28(29)30/h5-12,15,26H,2-4,13-14H2,1H3,(H,23,24,25). The molecule has 0 atom stereocenters. The highest BCUT2D eigenvalue weighted by Crippen LogP contribution is 2.24. The van der Waals surface area contributed by atoms with Gasteiger partial charge in [0.2, 0.25) is 5.95 Å². The van der Waals surface area contributed by atoms with Crippen molar-refractivity contribution in [3.63, 3.8) is 0 Å². The van der Waals surface area contributed by atoms with Gasteiger partial charge in [-0.05, 0) is 62.6 Å². The van der Waals surface area contributed by atoms with Crippen molar-refractivity contribution in [2.75, 3.05) is 28.0 Å². The molecule has 0 saturated carbocycles. The molecule has 3 aromatic rings. The number of hydrogen-bond acceptors (Lipinski definition) is 8. The van der Waals surface area contributed by atoms with Crippen LogP contribution in [0.2, 0.25) is 0 Å². The molecule has 0 unspecified atom stereocenters. The van der Waals surface area contributed by atoms with Crippen LogP contribution in [0, 0.1) is 17.0 Å². The number of nitrogens with zero attached hydrogens (tertiary/aromatic N) is 4. The Bertz CT molecular complexity index is 1240. The van der Waals surface area contributed by atoms with Crippen molar-refractivity contribution in [1.29, 1.82) is 0 Å². The van der Waals surface area contributed by atoms with Gasteiger partial charge in [0.25, 0.3) is 15.7 Å². The molecule has 2 aromatic carbocycles. The van der Waals surface area contributed by atoms with E-state index >= 15 is 0 Å². The van der Waals surface area contributed by atoms with Gasteiger partial charge in [0.05, 0.1) is 9.82 Å². The minimum absolute atomic E-state index is 0.0614. The molecule has 1 aromatic heterocycles.